The van der Waals surface area contributed by atoms with Crippen LogP contribution in [0.3, 0.4) is 0 Å². The Kier molecular flexibility index (Phi) is 5.36. The summed E-state index contributed by atoms with van der Waals surface area (Å²) in [6, 6.07) is 9.32. The smallest absolute Gasteiger partial charge is 0.294 e. The van der Waals surface area contributed by atoms with Crippen molar-refractivity contribution in [3.8, 4) is 0 Å². The van der Waals surface area contributed by atoms with Gasteiger partial charge in [0.15, 0.2) is 5.78 Å². The summed E-state index contributed by atoms with van der Waals surface area (Å²) >= 11 is 0. The summed E-state index contributed by atoms with van der Waals surface area (Å²) in [5, 5.41) is 11.6. The minimum Gasteiger partial charge on any atom is -0.294 e. The first kappa shape index (κ1) is 21.7. The molecular formula is C23H19F3N2O4. The zero-order chi connectivity index (χ0) is 23.2. The fourth-order valence-electron chi connectivity index (χ4n) is 4.57. The average Bonchev–Trinajstić information content (AvgIpc) is 2.73. The molecular weight excluding hydrogens is 425 g/mol. The summed E-state index contributed by atoms with van der Waals surface area (Å²) in [4.78, 5) is 38.4. The molecule has 0 bridgehead atoms. The van der Waals surface area contributed by atoms with E-state index in [1.165, 1.54) is 30.3 Å². The van der Waals surface area contributed by atoms with E-state index in [-0.39, 0.29) is 53.3 Å². The van der Waals surface area contributed by atoms with Gasteiger partial charge in [-0.15, -0.1) is 0 Å². The minimum atomic E-state index is -4.65. The predicted octanol–water partition coefficient (Wildman–Crippen LogP) is 5.45. The Balaban J connectivity index is 1.94. The van der Waals surface area contributed by atoms with E-state index in [1.807, 2.05) is 0 Å². The third-order valence-corrected chi connectivity index (χ3v) is 5.89. The molecule has 2 aromatic carbocycles. The van der Waals surface area contributed by atoms with Crippen LogP contribution < -0.4 is 4.90 Å². The van der Waals surface area contributed by atoms with Crippen molar-refractivity contribution in [3.05, 3.63) is 80.5 Å². The highest BCUT2D eigenvalue weighted by atomic mass is 19.4. The van der Waals surface area contributed by atoms with Crippen molar-refractivity contribution in [3.63, 3.8) is 0 Å². The molecule has 2 aromatic rings. The van der Waals surface area contributed by atoms with E-state index in [2.05, 4.69) is 0 Å². The maximum Gasteiger partial charge on any atom is 0.416 e. The summed E-state index contributed by atoms with van der Waals surface area (Å²) in [7, 11) is 0. The third kappa shape index (κ3) is 3.68. The number of hydrogen-bond donors (Lipinski definition) is 0. The van der Waals surface area contributed by atoms with Gasteiger partial charge < -0.3 is 0 Å². The Bertz CT molecular complexity index is 1170. The molecule has 0 saturated carbocycles. The van der Waals surface area contributed by atoms with Gasteiger partial charge in [-0.3, -0.25) is 24.6 Å². The van der Waals surface area contributed by atoms with Crippen molar-refractivity contribution in [2.45, 2.75) is 44.7 Å². The lowest BCUT2D eigenvalue weighted by atomic mass is 9.75. The molecule has 32 heavy (non-hydrogen) atoms. The van der Waals surface area contributed by atoms with Gasteiger partial charge in [0, 0.05) is 36.1 Å². The number of benzene rings is 2. The number of allylic oxidation sites excluding steroid dienone is 2. The highest BCUT2D eigenvalue weighted by molar-refractivity contribution is 6.08. The van der Waals surface area contributed by atoms with Gasteiger partial charge >= 0.3 is 6.18 Å². The molecule has 6 nitrogen and oxygen atoms in total. The summed E-state index contributed by atoms with van der Waals surface area (Å²) in [5.41, 5.74) is -0.274. The number of aryl methyl sites for hydroxylation is 1. The molecule has 0 spiro atoms. The molecule has 0 aromatic heterocycles. The number of nitro benzene ring substituents is 1. The van der Waals surface area contributed by atoms with E-state index in [0.717, 1.165) is 11.0 Å². The van der Waals surface area contributed by atoms with Crippen molar-refractivity contribution in [2.24, 2.45) is 0 Å². The molecule has 2 aliphatic rings. The molecule has 1 aliphatic carbocycles. The van der Waals surface area contributed by atoms with Crippen LogP contribution in [-0.4, -0.2) is 16.6 Å². The Morgan fingerprint density at radius 1 is 1.09 bits per heavy atom. The molecule has 1 aliphatic heterocycles. The molecule has 166 valence electrons. The van der Waals surface area contributed by atoms with Crippen LogP contribution in [0.2, 0.25) is 0 Å². The van der Waals surface area contributed by atoms with Gasteiger partial charge in [-0.2, -0.15) is 13.2 Å². The second-order valence-electron chi connectivity index (χ2n) is 7.96. The molecule has 1 amide bonds. The minimum absolute atomic E-state index is 0.0235. The van der Waals surface area contributed by atoms with Crippen LogP contribution >= 0.6 is 0 Å². The SMILES string of the molecule is Cc1ccc(N2C(=O)CC(c3ccccc3C(F)(F)F)C3=C2CCCC3=O)c([N+](=O)[O-])c1. The first-order valence-corrected chi connectivity index (χ1v) is 10.1. The first-order valence-electron chi connectivity index (χ1n) is 10.1. The first-order chi connectivity index (χ1) is 15.1. The topological polar surface area (TPSA) is 80.5 Å². The highest BCUT2D eigenvalue weighted by Gasteiger charge is 2.44. The number of Topliss-reactive ketones (excluding diaryl/α,β-unsaturated/α-hetero) is 1. The van der Waals surface area contributed by atoms with Gasteiger partial charge in [0.25, 0.3) is 5.69 Å². The van der Waals surface area contributed by atoms with Crippen molar-refractivity contribution in [1.82, 2.24) is 0 Å². The number of nitro groups is 1. The van der Waals surface area contributed by atoms with Crippen LogP contribution in [0.5, 0.6) is 0 Å². The fraction of sp³-hybridized carbons (Fsp3) is 0.304. The van der Waals surface area contributed by atoms with Crippen molar-refractivity contribution >= 4 is 23.1 Å². The van der Waals surface area contributed by atoms with E-state index in [9.17, 15) is 32.9 Å². The number of nitrogens with zero attached hydrogens (tertiary/aromatic N) is 2. The quantitative estimate of drug-likeness (QED) is 0.466. The summed E-state index contributed by atoms with van der Waals surface area (Å²) in [6.45, 7) is 1.67. The van der Waals surface area contributed by atoms with Crippen molar-refractivity contribution in [2.75, 3.05) is 4.90 Å². The summed E-state index contributed by atoms with van der Waals surface area (Å²) in [5.74, 6) is -1.96. The van der Waals surface area contributed by atoms with Crippen LogP contribution in [-0.2, 0) is 15.8 Å². The summed E-state index contributed by atoms with van der Waals surface area (Å²) in [6.07, 6.45) is -4.20. The van der Waals surface area contributed by atoms with E-state index in [4.69, 9.17) is 0 Å². The molecule has 1 heterocycles. The molecule has 0 N–H and O–H groups in total. The molecule has 1 atom stereocenters. The summed E-state index contributed by atoms with van der Waals surface area (Å²) < 4.78 is 41.0. The number of halogens is 3. The number of hydrogen-bond acceptors (Lipinski definition) is 4. The monoisotopic (exact) mass is 444 g/mol. The lowest BCUT2D eigenvalue weighted by Crippen LogP contribution is -2.41. The van der Waals surface area contributed by atoms with Gasteiger partial charge in [-0.1, -0.05) is 24.3 Å². The number of rotatable bonds is 3. The number of ketones is 1. The van der Waals surface area contributed by atoms with Gasteiger partial charge in [-0.05, 0) is 43.0 Å². The van der Waals surface area contributed by atoms with Gasteiger partial charge in [0.1, 0.15) is 5.69 Å². The highest BCUT2D eigenvalue weighted by Crippen LogP contribution is 2.47. The van der Waals surface area contributed by atoms with Crippen LogP contribution in [0, 0.1) is 17.0 Å². The standard InChI is InChI=1S/C23H19F3N2O4/c1-13-9-10-17(19(11-13)28(31)32)27-18-7-4-8-20(29)22(18)15(12-21(27)30)14-5-2-3-6-16(14)23(24,25)26/h2-3,5-6,9-11,15H,4,7-8,12H2,1H3. The average molecular weight is 444 g/mol. The van der Waals surface area contributed by atoms with Crippen molar-refractivity contribution in [1.29, 1.82) is 0 Å². The second kappa shape index (κ2) is 7.89. The molecule has 1 unspecified atom stereocenters. The predicted molar refractivity (Wildman–Crippen MR) is 110 cm³/mol. The van der Waals surface area contributed by atoms with Gasteiger partial charge in [-0.25, -0.2) is 0 Å². The molecule has 0 fully saturated rings. The third-order valence-electron chi connectivity index (χ3n) is 5.89. The van der Waals surface area contributed by atoms with E-state index >= 15 is 0 Å². The number of amides is 1. The van der Waals surface area contributed by atoms with Crippen LogP contribution in [0.4, 0.5) is 24.5 Å². The maximum atomic E-state index is 13.7. The molecule has 0 radical (unpaired) electrons. The lowest BCUT2D eigenvalue weighted by molar-refractivity contribution is -0.384. The van der Waals surface area contributed by atoms with Crippen LogP contribution in [0.1, 0.15) is 48.3 Å². The number of carbonyl (C=O) groups is 2. The van der Waals surface area contributed by atoms with E-state index in [1.54, 1.807) is 13.0 Å². The normalized spacial score (nSPS) is 19.2. The molecule has 0 saturated heterocycles. The zero-order valence-electron chi connectivity index (χ0n) is 17.1. The van der Waals surface area contributed by atoms with Crippen LogP contribution in [0.25, 0.3) is 0 Å². The van der Waals surface area contributed by atoms with E-state index < -0.39 is 28.5 Å². The maximum absolute atomic E-state index is 13.7. The number of anilines is 1. The molecule has 4 rings (SSSR count). The zero-order valence-corrected chi connectivity index (χ0v) is 17.1. The van der Waals surface area contributed by atoms with Crippen molar-refractivity contribution < 1.29 is 27.7 Å². The largest absolute Gasteiger partial charge is 0.416 e. The second-order valence-corrected chi connectivity index (χ2v) is 7.96. The lowest BCUT2D eigenvalue weighted by Gasteiger charge is -2.38. The van der Waals surface area contributed by atoms with E-state index in [0.29, 0.717) is 12.0 Å². The Labute approximate surface area is 181 Å². The van der Waals surface area contributed by atoms with Crippen LogP contribution in [0.15, 0.2) is 53.7 Å². The fourth-order valence-corrected chi connectivity index (χ4v) is 4.57. The Morgan fingerprint density at radius 2 is 1.81 bits per heavy atom. The Morgan fingerprint density at radius 3 is 2.50 bits per heavy atom. The number of alkyl halides is 3. The molecule has 9 heteroatoms. The number of carbonyl (C=O) groups excluding carboxylic acids is 2. The van der Waals surface area contributed by atoms with Gasteiger partial charge in [0.05, 0.1) is 10.5 Å². The Hall–Kier alpha value is -3.49. The van der Waals surface area contributed by atoms with Gasteiger partial charge in [0.2, 0.25) is 5.91 Å².